The van der Waals surface area contributed by atoms with Crippen molar-refractivity contribution in [2.24, 2.45) is 5.41 Å². The lowest BCUT2D eigenvalue weighted by atomic mass is 9.75. The zero-order chi connectivity index (χ0) is 18.0. The van der Waals surface area contributed by atoms with Gasteiger partial charge in [0, 0.05) is 12.2 Å². The minimum absolute atomic E-state index is 0.169. The number of hydrogen-bond donors (Lipinski definition) is 1. The fourth-order valence-corrected chi connectivity index (χ4v) is 3.57. The maximum absolute atomic E-state index is 12.7. The number of ketones is 1. The molecule has 25 heavy (non-hydrogen) atoms. The van der Waals surface area contributed by atoms with E-state index in [1.807, 2.05) is 6.08 Å². The van der Waals surface area contributed by atoms with Crippen LogP contribution in [0.5, 0.6) is 5.75 Å². The van der Waals surface area contributed by atoms with Gasteiger partial charge in [-0.2, -0.15) is 0 Å². The van der Waals surface area contributed by atoms with Crippen LogP contribution in [0.15, 0.2) is 36.0 Å². The molecule has 1 aromatic carbocycles. The summed E-state index contributed by atoms with van der Waals surface area (Å²) in [6.45, 7) is 2.16. The maximum Gasteiger partial charge on any atom is 0.326 e. The average Bonchev–Trinajstić information content (AvgIpc) is 2.84. The average molecular weight is 343 g/mol. The predicted octanol–water partition coefficient (Wildman–Crippen LogP) is 1.96. The van der Waals surface area contributed by atoms with Crippen molar-refractivity contribution in [3.05, 3.63) is 41.6 Å². The second-order valence-electron chi connectivity index (χ2n) is 6.31. The first-order chi connectivity index (χ1) is 12.0. The van der Waals surface area contributed by atoms with Gasteiger partial charge in [-0.25, -0.2) is 0 Å². The molecule has 3 rings (SSSR count). The first kappa shape index (κ1) is 17.2. The summed E-state index contributed by atoms with van der Waals surface area (Å²) < 4.78 is 5.12. The van der Waals surface area contributed by atoms with Gasteiger partial charge in [-0.3, -0.25) is 14.4 Å². The minimum Gasteiger partial charge on any atom is -0.508 e. The molecule has 1 aliphatic heterocycles. The van der Waals surface area contributed by atoms with Gasteiger partial charge in [-0.15, -0.1) is 0 Å². The van der Waals surface area contributed by atoms with E-state index < -0.39 is 23.1 Å². The van der Waals surface area contributed by atoms with Crippen LogP contribution in [0.2, 0.25) is 0 Å². The number of carbonyl (C=O) groups excluding carboxylic acids is 3. The molecule has 1 atom stereocenters. The Bertz CT molecular complexity index is 737. The molecule has 1 unspecified atom stereocenters. The number of Topliss-reactive ketones (excluding diaryl/α,β-unsaturated/α-hetero) is 1. The highest BCUT2D eigenvalue weighted by Crippen LogP contribution is 2.46. The number of carbonyl (C=O) groups is 3. The molecular weight excluding hydrogens is 322 g/mol. The van der Waals surface area contributed by atoms with Crippen molar-refractivity contribution in [3.8, 4) is 5.75 Å². The van der Waals surface area contributed by atoms with Gasteiger partial charge in [0.2, 0.25) is 5.78 Å². The molecule has 0 saturated carbocycles. The molecular formula is C19H21NO5. The number of phenols is 1. The summed E-state index contributed by atoms with van der Waals surface area (Å²) >= 11 is 0. The lowest BCUT2D eigenvalue weighted by Crippen LogP contribution is -2.41. The molecule has 2 aliphatic rings. The third-order valence-corrected chi connectivity index (χ3v) is 4.83. The smallest absolute Gasteiger partial charge is 0.326 e. The summed E-state index contributed by atoms with van der Waals surface area (Å²) in [5, 5.41) is 9.34. The van der Waals surface area contributed by atoms with Crippen molar-refractivity contribution in [2.75, 3.05) is 13.2 Å². The number of amides is 1. The van der Waals surface area contributed by atoms with Crippen molar-refractivity contribution in [3.63, 3.8) is 0 Å². The second kappa shape index (κ2) is 6.70. The van der Waals surface area contributed by atoms with Crippen LogP contribution in [-0.2, 0) is 25.5 Å². The Labute approximate surface area is 146 Å². The zero-order valence-corrected chi connectivity index (χ0v) is 14.2. The molecule has 1 amide bonds. The Morgan fingerprint density at radius 3 is 2.68 bits per heavy atom. The van der Waals surface area contributed by atoms with Crippen LogP contribution in [0.25, 0.3) is 0 Å². The van der Waals surface area contributed by atoms with E-state index in [-0.39, 0.29) is 12.4 Å². The van der Waals surface area contributed by atoms with Gasteiger partial charge in [0.15, 0.2) is 5.41 Å². The number of esters is 1. The van der Waals surface area contributed by atoms with Crippen LogP contribution in [0.1, 0.15) is 31.7 Å². The van der Waals surface area contributed by atoms with Gasteiger partial charge >= 0.3 is 5.97 Å². The van der Waals surface area contributed by atoms with Crippen LogP contribution in [-0.4, -0.2) is 40.8 Å². The molecule has 1 aromatic rings. The SMILES string of the molecule is CCOC(=O)C12CCCC=C1N(CCc1ccc(O)cc1)C(=O)C2=O. The van der Waals surface area contributed by atoms with E-state index in [0.717, 1.165) is 12.0 Å². The Morgan fingerprint density at radius 1 is 1.28 bits per heavy atom. The van der Waals surface area contributed by atoms with Gasteiger partial charge in [0.05, 0.1) is 6.61 Å². The number of likely N-dealkylation sites (tertiary alicyclic amines) is 1. The van der Waals surface area contributed by atoms with Crippen LogP contribution < -0.4 is 0 Å². The maximum atomic E-state index is 12.7. The highest BCUT2D eigenvalue weighted by molar-refractivity contribution is 6.46. The van der Waals surface area contributed by atoms with Gasteiger partial charge in [-0.1, -0.05) is 18.2 Å². The van der Waals surface area contributed by atoms with E-state index in [2.05, 4.69) is 0 Å². The fraction of sp³-hybridized carbons (Fsp3) is 0.421. The van der Waals surface area contributed by atoms with Crippen LogP contribution >= 0.6 is 0 Å². The van der Waals surface area contributed by atoms with Crippen molar-refractivity contribution < 1.29 is 24.2 Å². The Hall–Kier alpha value is -2.63. The summed E-state index contributed by atoms with van der Waals surface area (Å²) in [6.07, 6.45) is 4.06. The highest BCUT2D eigenvalue weighted by atomic mass is 16.5. The molecule has 0 aromatic heterocycles. The quantitative estimate of drug-likeness (QED) is 0.502. The number of benzene rings is 1. The van der Waals surface area contributed by atoms with Crippen LogP contribution in [0, 0.1) is 5.41 Å². The number of fused-ring (bicyclic) bond motifs is 1. The van der Waals surface area contributed by atoms with Gasteiger partial charge in [0.25, 0.3) is 5.91 Å². The number of hydrogen-bond acceptors (Lipinski definition) is 5. The molecule has 0 spiro atoms. The Balaban J connectivity index is 1.86. The first-order valence-electron chi connectivity index (χ1n) is 8.52. The number of rotatable bonds is 5. The zero-order valence-electron chi connectivity index (χ0n) is 14.2. The molecule has 1 N–H and O–H groups in total. The standard InChI is InChI=1S/C19H21NO5/c1-2-25-18(24)19-11-4-3-5-15(19)20(17(23)16(19)22)12-10-13-6-8-14(21)9-7-13/h5-9,21H,2-4,10-12H2,1H3. The summed E-state index contributed by atoms with van der Waals surface area (Å²) in [6, 6.07) is 6.70. The lowest BCUT2D eigenvalue weighted by Gasteiger charge is -2.31. The number of allylic oxidation sites excluding steroid dienone is 1. The summed E-state index contributed by atoms with van der Waals surface area (Å²) in [5.41, 5.74) is -0.0469. The topological polar surface area (TPSA) is 83.9 Å². The van der Waals surface area contributed by atoms with Crippen molar-refractivity contribution in [1.82, 2.24) is 4.90 Å². The molecule has 1 saturated heterocycles. The lowest BCUT2D eigenvalue weighted by molar-refractivity contribution is -0.158. The normalized spacial score (nSPS) is 22.6. The summed E-state index contributed by atoms with van der Waals surface area (Å²) in [4.78, 5) is 39.2. The van der Waals surface area contributed by atoms with E-state index in [1.165, 1.54) is 4.90 Å². The largest absolute Gasteiger partial charge is 0.508 e. The Morgan fingerprint density at radius 2 is 2.00 bits per heavy atom. The van der Waals surface area contributed by atoms with E-state index in [4.69, 9.17) is 4.74 Å². The van der Waals surface area contributed by atoms with Crippen LogP contribution in [0.4, 0.5) is 0 Å². The number of phenolic OH excluding ortho intramolecular Hbond substituents is 1. The van der Waals surface area contributed by atoms with Gasteiger partial charge in [-0.05, 0) is 50.3 Å². The molecule has 1 aliphatic carbocycles. The fourth-order valence-electron chi connectivity index (χ4n) is 3.57. The third-order valence-electron chi connectivity index (χ3n) is 4.83. The predicted molar refractivity (Wildman–Crippen MR) is 89.5 cm³/mol. The molecule has 6 heteroatoms. The number of aromatic hydroxyl groups is 1. The van der Waals surface area contributed by atoms with Crippen molar-refractivity contribution >= 4 is 17.7 Å². The monoisotopic (exact) mass is 343 g/mol. The molecule has 0 radical (unpaired) electrons. The van der Waals surface area contributed by atoms with E-state index in [0.29, 0.717) is 31.5 Å². The van der Waals surface area contributed by atoms with Gasteiger partial charge in [0.1, 0.15) is 5.75 Å². The first-order valence-corrected chi connectivity index (χ1v) is 8.52. The van der Waals surface area contributed by atoms with E-state index >= 15 is 0 Å². The molecule has 6 nitrogen and oxygen atoms in total. The second-order valence-corrected chi connectivity index (χ2v) is 6.31. The summed E-state index contributed by atoms with van der Waals surface area (Å²) in [5.74, 6) is -1.76. The van der Waals surface area contributed by atoms with Gasteiger partial charge < -0.3 is 14.7 Å². The molecule has 0 bridgehead atoms. The highest BCUT2D eigenvalue weighted by Gasteiger charge is 2.61. The third kappa shape index (κ3) is 2.81. The van der Waals surface area contributed by atoms with E-state index in [1.54, 1.807) is 31.2 Å². The van der Waals surface area contributed by atoms with Crippen molar-refractivity contribution in [2.45, 2.75) is 32.6 Å². The van der Waals surface area contributed by atoms with Crippen molar-refractivity contribution in [1.29, 1.82) is 0 Å². The Kier molecular flexibility index (Phi) is 4.61. The molecule has 1 fully saturated rings. The molecule has 132 valence electrons. The summed E-state index contributed by atoms with van der Waals surface area (Å²) in [7, 11) is 0. The van der Waals surface area contributed by atoms with Crippen LogP contribution in [0.3, 0.4) is 0 Å². The number of ether oxygens (including phenoxy) is 1. The minimum atomic E-state index is -1.46. The molecule has 1 heterocycles. The van der Waals surface area contributed by atoms with E-state index in [9.17, 15) is 19.5 Å². The number of nitrogens with zero attached hydrogens (tertiary/aromatic N) is 1.